The van der Waals surface area contributed by atoms with Crippen molar-refractivity contribution in [2.45, 2.75) is 44.7 Å². The van der Waals surface area contributed by atoms with Crippen LogP contribution >= 0.6 is 0 Å². The summed E-state index contributed by atoms with van der Waals surface area (Å²) in [5, 5.41) is 20.9. The van der Waals surface area contributed by atoms with Gasteiger partial charge in [-0.25, -0.2) is 38.7 Å². The van der Waals surface area contributed by atoms with E-state index < -0.39 is 5.82 Å². The third-order valence-corrected chi connectivity index (χ3v) is 16.3. The van der Waals surface area contributed by atoms with E-state index in [4.69, 9.17) is 35.8 Å². The molecule has 11 aromatic rings. The van der Waals surface area contributed by atoms with Crippen LogP contribution < -0.4 is 37.1 Å². The van der Waals surface area contributed by atoms with Crippen LogP contribution in [-0.2, 0) is 11.8 Å². The molecule has 0 atom stereocenters. The Hall–Kier alpha value is -10.1. The molecule has 7 aromatic heterocycles. The summed E-state index contributed by atoms with van der Waals surface area (Å²) in [5.41, 5.74) is 21.7. The zero-order chi connectivity index (χ0) is 58.5. The molecule has 1 aliphatic carbocycles. The van der Waals surface area contributed by atoms with Crippen molar-refractivity contribution in [2.75, 3.05) is 87.0 Å². The highest BCUT2D eigenvalue weighted by Crippen LogP contribution is 2.40. The number of carbonyl (C=O) groups excluding carboxylic acids is 2. The zero-order valence-corrected chi connectivity index (χ0v) is 47.3. The van der Waals surface area contributed by atoms with Crippen LogP contribution in [0.2, 0.25) is 0 Å². The molecule has 14 rings (SSSR count). The number of carbonyl (C=O) groups is 2. The molecule has 0 radical (unpaired) electrons. The van der Waals surface area contributed by atoms with E-state index >= 15 is 4.39 Å². The summed E-state index contributed by atoms with van der Waals surface area (Å²) in [6.07, 6.45) is 8.37. The van der Waals surface area contributed by atoms with E-state index in [2.05, 4.69) is 62.6 Å². The van der Waals surface area contributed by atoms with Crippen molar-refractivity contribution in [3.63, 3.8) is 0 Å². The fourth-order valence-electron chi connectivity index (χ4n) is 11.8. The normalized spacial score (nSPS) is 16.9. The predicted octanol–water partition coefficient (Wildman–Crippen LogP) is 8.29. The van der Waals surface area contributed by atoms with Gasteiger partial charge in [-0.3, -0.25) is 14.5 Å². The first-order valence-electron chi connectivity index (χ1n) is 28.2. The first kappa shape index (κ1) is 54.2. The van der Waals surface area contributed by atoms with Crippen molar-refractivity contribution < 1.29 is 23.1 Å². The fraction of sp³-hybridized carbons (Fsp3) is 0.279. The van der Waals surface area contributed by atoms with Crippen molar-refractivity contribution in [2.24, 2.45) is 7.05 Å². The summed E-state index contributed by atoms with van der Waals surface area (Å²) >= 11 is 0. The number of halogens is 1. The average molecular weight is 1140 g/mol. The second-order valence-electron chi connectivity index (χ2n) is 21.7. The number of nitrogens with two attached hydrogens (primary N) is 2. The second kappa shape index (κ2) is 22.6. The molecule has 0 bridgehead atoms. The van der Waals surface area contributed by atoms with E-state index in [9.17, 15) is 9.59 Å². The predicted molar refractivity (Wildman–Crippen MR) is 324 cm³/mol. The number of hydrogen-bond acceptors (Lipinski definition) is 18. The minimum atomic E-state index is -0.481. The van der Waals surface area contributed by atoms with Gasteiger partial charge < -0.3 is 50.9 Å². The molecule has 2 saturated heterocycles. The second-order valence-corrected chi connectivity index (χ2v) is 21.7. The molecule has 9 heterocycles. The van der Waals surface area contributed by atoms with Crippen LogP contribution in [0, 0.1) is 12.7 Å². The molecule has 85 heavy (non-hydrogen) atoms. The number of nitrogen functional groups attached to an aromatic ring is 2. The average Bonchev–Trinajstić information content (AvgIpc) is 2.49. The Morgan fingerprint density at radius 1 is 0.765 bits per heavy atom. The molecule has 24 heteroatoms. The van der Waals surface area contributed by atoms with E-state index in [0.717, 1.165) is 91.9 Å². The van der Waals surface area contributed by atoms with Gasteiger partial charge in [0.15, 0.2) is 16.9 Å². The molecule has 432 valence electrons. The zero-order valence-electron chi connectivity index (χ0n) is 47.3. The molecule has 2 aliphatic heterocycles. The van der Waals surface area contributed by atoms with Crippen LogP contribution in [0.15, 0.2) is 120 Å². The number of likely N-dealkylation sites (N-methyl/N-ethyl adjacent to an activating group) is 1. The summed E-state index contributed by atoms with van der Waals surface area (Å²) in [7, 11) is 5.57. The largest absolute Gasteiger partial charge is 0.495 e. The smallest absolute Gasteiger partial charge is 0.300 e. The van der Waals surface area contributed by atoms with Crippen molar-refractivity contribution >= 4 is 90.7 Å². The lowest BCUT2D eigenvalue weighted by Crippen LogP contribution is -2.52. The highest BCUT2D eigenvalue weighted by molar-refractivity contribution is 6.07. The molecule has 0 unspecified atom stereocenters. The Morgan fingerprint density at radius 2 is 1.48 bits per heavy atom. The summed E-state index contributed by atoms with van der Waals surface area (Å²) < 4.78 is 32.4. The van der Waals surface area contributed by atoms with Gasteiger partial charge in [-0.05, 0) is 106 Å². The number of fused-ring (bicyclic) bond motifs is 4. The van der Waals surface area contributed by atoms with Crippen molar-refractivity contribution in [1.29, 1.82) is 0 Å². The van der Waals surface area contributed by atoms with Gasteiger partial charge in [0.2, 0.25) is 5.91 Å². The van der Waals surface area contributed by atoms with Gasteiger partial charge in [-0.1, -0.05) is 36.4 Å². The molecule has 0 spiro atoms. The van der Waals surface area contributed by atoms with Crippen molar-refractivity contribution in [3.05, 3.63) is 133 Å². The highest BCUT2D eigenvalue weighted by Gasteiger charge is 2.32. The molecule has 3 aliphatic rings. The Balaban J connectivity index is 0.000000159. The van der Waals surface area contributed by atoms with Gasteiger partial charge in [0.25, 0.3) is 11.9 Å². The summed E-state index contributed by atoms with van der Waals surface area (Å²) in [6, 6.07) is 30.5. The maximum atomic E-state index is 15.4. The number of ether oxygens (including phenoxy) is 1. The standard InChI is InChI=1S/C32H32N10O2.C29H30FN9O2/c1-39-12-14-41(15-13-39)27-11-9-22(18-34-27)42-31-28(30(33)35-19-36-31)29(38-42)21-8-10-23(26(17-21)44-3)37-32(43)25-16-20-6-4-5-7-24(20)40(25)2;1-16-2-9-23-22(12-16)36-29(41-23)35-21-8-3-17(13-20(21)30)26-25-27(31)33-15-34-28(25)39(37-26)19-6-4-18(5-7-19)38-11-10-32-24(40)14-38/h4-11,16-19H,12-15H2,1-3H3,(H,37,43)(H2,33,35,36);2-3,8-9,12-13,15,18-19H,4-7,10-11,14H2,1H3,(H,32,40)(H,35,36)(H2,31,33,34)/t;18-,19+. The van der Waals surface area contributed by atoms with Crippen LogP contribution in [0.3, 0.4) is 0 Å². The molecule has 1 saturated carbocycles. The fourth-order valence-corrected chi connectivity index (χ4v) is 11.8. The lowest BCUT2D eigenvalue weighted by atomic mass is 9.90. The number of methoxy groups -OCH3 is 1. The Morgan fingerprint density at radius 3 is 2.21 bits per heavy atom. The Kier molecular flexibility index (Phi) is 14.4. The third-order valence-electron chi connectivity index (χ3n) is 16.3. The van der Waals surface area contributed by atoms with Gasteiger partial charge in [0, 0.05) is 74.4 Å². The molecule has 7 N–H and O–H groups in total. The number of benzene rings is 4. The van der Waals surface area contributed by atoms with Gasteiger partial charge in [-0.2, -0.15) is 15.2 Å². The SMILES string of the molecule is COc1cc(-c2nn(-c3ccc(N4CCN(C)CC4)nc3)c3ncnc(N)c23)ccc1NC(=O)c1cc2ccccc2n1C.Cc1ccc2oc(Nc3ccc(-c4nn([C@H]5CC[C@@H](N6CCNC(=O)C6)CC5)c5ncnc(N)c45)cc3F)nc2c1. The number of nitrogens with zero attached hydrogens (tertiary/aromatic N) is 14. The maximum Gasteiger partial charge on any atom is 0.300 e. The number of piperazine rings is 2. The number of anilines is 6. The number of pyridine rings is 1. The van der Waals surface area contributed by atoms with E-state index in [1.807, 2.05) is 96.0 Å². The van der Waals surface area contributed by atoms with Crippen LogP contribution in [0.1, 0.15) is 47.8 Å². The molecule has 2 amide bonds. The van der Waals surface area contributed by atoms with E-state index in [1.54, 1.807) is 36.2 Å². The topological polar surface area (TPSA) is 272 Å². The summed E-state index contributed by atoms with van der Waals surface area (Å²) in [6.45, 7) is 7.87. The van der Waals surface area contributed by atoms with Crippen LogP contribution in [0.4, 0.5) is 39.2 Å². The van der Waals surface area contributed by atoms with Gasteiger partial charge in [0.1, 0.15) is 64.3 Å². The molecular weight excluding hydrogens is 1080 g/mol. The van der Waals surface area contributed by atoms with Gasteiger partial charge in [-0.15, -0.1) is 0 Å². The number of aromatic nitrogens is 11. The van der Waals surface area contributed by atoms with E-state index in [1.165, 1.54) is 18.7 Å². The van der Waals surface area contributed by atoms with Crippen LogP contribution in [0.25, 0.3) is 72.3 Å². The monoisotopic (exact) mass is 1140 g/mol. The minimum absolute atomic E-state index is 0.0886. The molecule has 3 fully saturated rings. The van der Waals surface area contributed by atoms with Gasteiger partial charge >= 0.3 is 0 Å². The molecule has 4 aromatic carbocycles. The van der Waals surface area contributed by atoms with Crippen molar-refractivity contribution in [3.8, 4) is 34.0 Å². The Bertz CT molecular complexity index is 4330. The quantitative estimate of drug-likeness (QED) is 0.0815. The molecule has 23 nitrogen and oxygen atoms in total. The first-order valence-corrected chi connectivity index (χ1v) is 28.2. The number of amides is 2. The highest BCUT2D eigenvalue weighted by atomic mass is 19.1. The van der Waals surface area contributed by atoms with Crippen LogP contribution in [-0.4, -0.2) is 142 Å². The lowest BCUT2D eigenvalue weighted by molar-refractivity contribution is -0.125. The first-order chi connectivity index (χ1) is 41.3. The molecular formula is C61H62FN19O4. The van der Waals surface area contributed by atoms with Gasteiger partial charge in [0.05, 0.1) is 53.7 Å². The van der Waals surface area contributed by atoms with E-state index in [-0.39, 0.29) is 29.6 Å². The number of nitrogens with one attached hydrogen (secondary N) is 3. The number of hydrogen-bond donors (Lipinski definition) is 5. The number of para-hydroxylation sites is 1. The summed E-state index contributed by atoms with van der Waals surface area (Å²) in [4.78, 5) is 58.7. The minimum Gasteiger partial charge on any atom is -0.495 e. The van der Waals surface area contributed by atoms with Crippen molar-refractivity contribution in [1.82, 2.24) is 69.1 Å². The number of oxazole rings is 1. The third kappa shape index (κ3) is 10.6. The lowest BCUT2D eigenvalue weighted by Gasteiger charge is -2.38. The van der Waals surface area contributed by atoms with E-state index in [0.29, 0.717) is 98.0 Å². The maximum absolute atomic E-state index is 15.4. The Labute approximate surface area is 486 Å². The number of rotatable bonds is 11. The summed E-state index contributed by atoms with van der Waals surface area (Å²) in [5.74, 6) is 1.38. The van der Waals surface area contributed by atoms with Crippen LogP contribution in [0.5, 0.6) is 5.75 Å². The number of aryl methyl sites for hydroxylation is 2.